The Morgan fingerprint density at radius 3 is 3.00 bits per heavy atom. The maximum Gasteiger partial charge on any atom is 0.344 e. The minimum absolute atomic E-state index is 0.0246. The lowest BCUT2D eigenvalue weighted by Crippen LogP contribution is -2.21. The van der Waals surface area contributed by atoms with Crippen molar-refractivity contribution in [3.63, 3.8) is 0 Å². The molecule has 1 aliphatic rings. The first-order valence-electron chi connectivity index (χ1n) is 9.53. The van der Waals surface area contributed by atoms with Crippen molar-refractivity contribution in [3.8, 4) is 5.75 Å². The number of nitrogens with zero attached hydrogens (tertiary/aromatic N) is 1. The van der Waals surface area contributed by atoms with Crippen LogP contribution in [0.2, 0.25) is 0 Å². The first kappa shape index (κ1) is 19.6. The van der Waals surface area contributed by atoms with E-state index < -0.39 is 24.5 Å². The molecule has 0 spiro atoms. The number of hydrogen-bond acceptors (Lipinski definition) is 6. The number of halogens is 1. The molecule has 29 heavy (non-hydrogen) atoms. The smallest absolute Gasteiger partial charge is 0.344 e. The number of para-hydroxylation sites is 1. The van der Waals surface area contributed by atoms with Crippen LogP contribution in [0.1, 0.15) is 42.6 Å². The van der Waals surface area contributed by atoms with E-state index in [1.54, 1.807) is 13.0 Å². The minimum Gasteiger partial charge on any atom is -0.479 e. The van der Waals surface area contributed by atoms with Crippen molar-refractivity contribution >= 4 is 27.5 Å². The predicted molar refractivity (Wildman–Crippen MR) is 108 cm³/mol. The molecule has 152 valence electrons. The van der Waals surface area contributed by atoms with Gasteiger partial charge in [0.15, 0.2) is 30.1 Å². The Morgan fingerprint density at radius 2 is 2.21 bits per heavy atom. The second-order valence-corrected chi connectivity index (χ2v) is 8.42. The monoisotopic (exact) mass is 416 g/mol. The molecule has 0 fully saturated rings. The number of aromatic amines is 1. The van der Waals surface area contributed by atoms with Gasteiger partial charge in [0.05, 0.1) is 5.39 Å². The molecule has 0 saturated heterocycles. The summed E-state index contributed by atoms with van der Waals surface area (Å²) >= 11 is 1.54. The van der Waals surface area contributed by atoms with Crippen molar-refractivity contribution in [3.05, 3.63) is 56.7 Å². The first-order chi connectivity index (χ1) is 13.9. The van der Waals surface area contributed by atoms with Crippen LogP contribution in [0.5, 0.6) is 5.75 Å². The summed E-state index contributed by atoms with van der Waals surface area (Å²) in [5.74, 6) is -0.371. The van der Waals surface area contributed by atoms with E-state index in [9.17, 15) is 14.0 Å². The molecule has 6 nitrogen and oxygen atoms in total. The molecule has 0 saturated carbocycles. The topological polar surface area (TPSA) is 81.3 Å². The van der Waals surface area contributed by atoms with Gasteiger partial charge in [-0.15, -0.1) is 11.3 Å². The third-order valence-electron chi connectivity index (χ3n) is 5.06. The van der Waals surface area contributed by atoms with Crippen LogP contribution in [0.15, 0.2) is 29.1 Å². The SMILES string of the molecule is C[C@@H]1CCc2c(sc3nc([C@H](C)OC(=O)COc4ccccc4F)[nH]c(=O)c23)C1. The lowest BCUT2D eigenvalue weighted by molar-refractivity contribution is -0.151. The van der Waals surface area contributed by atoms with E-state index >= 15 is 0 Å². The number of H-pyrrole nitrogens is 1. The van der Waals surface area contributed by atoms with E-state index in [-0.39, 0.29) is 17.1 Å². The molecule has 2 heterocycles. The second kappa shape index (κ2) is 7.94. The zero-order valence-corrected chi connectivity index (χ0v) is 17.0. The number of hydrogen-bond donors (Lipinski definition) is 1. The van der Waals surface area contributed by atoms with Gasteiger partial charge in [0.1, 0.15) is 4.83 Å². The number of esters is 1. The molecule has 2 aromatic heterocycles. The van der Waals surface area contributed by atoms with Crippen molar-refractivity contribution < 1.29 is 18.7 Å². The largest absolute Gasteiger partial charge is 0.479 e. The summed E-state index contributed by atoms with van der Waals surface area (Å²) in [7, 11) is 0. The number of rotatable bonds is 5. The first-order valence-corrected chi connectivity index (χ1v) is 10.3. The van der Waals surface area contributed by atoms with Crippen LogP contribution in [0, 0.1) is 11.7 Å². The Morgan fingerprint density at radius 1 is 1.41 bits per heavy atom. The van der Waals surface area contributed by atoms with Gasteiger partial charge in [0.25, 0.3) is 5.56 Å². The summed E-state index contributed by atoms with van der Waals surface area (Å²) in [6.45, 7) is 3.39. The average Bonchev–Trinajstić information content (AvgIpc) is 3.05. The summed E-state index contributed by atoms with van der Waals surface area (Å²) in [5, 5.41) is 0.655. The highest BCUT2D eigenvalue weighted by molar-refractivity contribution is 7.18. The molecule has 0 amide bonds. The van der Waals surface area contributed by atoms with E-state index in [1.165, 1.54) is 34.4 Å². The van der Waals surface area contributed by atoms with Gasteiger partial charge in [-0.05, 0) is 49.8 Å². The number of benzene rings is 1. The molecular weight excluding hydrogens is 395 g/mol. The van der Waals surface area contributed by atoms with Crippen LogP contribution in [0.25, 0.3) is 10.2 Å². The standard InChI is InChI=1S/C21H21FN2O4S/c1-11-7-8-13-16(9-11)29-21-18(13)20(26)23-19(24-21)12(2)28-17(25)10-27-15-6-4-3-5-14(15)22/h3-6,11-12H,7-10H2,1-2H3,(H,23,24,26)/t11-,12+/m1/s1. The number of carbonyl (C=O) groups is 1. The van der Waals surface area contributed by atoms with Gasteiger partial charge >= 0.3 is 5.97 Å². The number of ether oxygens (including phenoxy) is 2. The maximum atomic E-state index is 13.6. The van der Waals surface area contributed by atoms with Gasteiger partial charge in [-0.3, -0.25) is 4.79 Å². The van der Waals surface area contributed by atoms with Crippen LogP contribution in [-0.4, -0.2) is 22.5 Å². The van der Waals surface area contributed by atoms with E-state index in [1.807, 2.05) is 0 Å². The fraction of sp³-hybridized carbons (Fsp3) is 0.381. The van der Waals surface area contributed by atoms with Crippen LogP contribution in [-0.2, 0) is 22.4 Å². The van der Waals surface area contributed by atoms with E-state index in [0.717, 1.165) is 24.8 Å². The molecule has 0 aliphatic heterocycles. The number of carbonyl (C=O) groups excluding carboxylic acids is 1. The van der Waals surface area contributed by atoms with Crippen LogP contribution >= 0.6 is 11.3 Å². The van der Waals surface area contributed by atoms with Crippen LogP contribution in [0.3, 0.4) is 0 Å². The Labute approximate surface area is 170 Å². The molecular formula is C21H21FN2O4S. The third kappa shape index (κ3) is 4.03. The number of aromatic nitrogens is 2. The van der Waals surface area contributed by atoms with Crippen molar-refractivity contribution in [2.24, 2.45) is 5.92 Å². The Kier molecular flexibility index (Phi) is 5.36. The molecule has 8 heteroatoms. The molecule has 2 atom stereocenters. The summed E-state index contributed by atoms with van der Waals surface area (Å²) in [4.78, 5) is 33.9. The fourth-order valence-corrected chi connectivity index (χ4v) is 4.93. The molecule has 3 aromatic rings. The van der Waals surface area contributed by atoms with Gasteiger partial charge in [-0.1, -0.05) is 19.1 Å². The van der Waals surface area contributed by atoms with Gasteiger partial charge in [0, 0.05) is 4.88 Å². The van der Waals surface area contributed by atoms with E-state index in [2.05, 4.69) is 16.9 Å². The molecule has 0 bridgehead atoms. The van der Waals surface area contributed by atoms with Gasteiger partial charge in [-0.25, -0.2) is 14.2 Å². The maximum absolute atomic E-state index is 13.6. The highest BCUT2D eigenvalue weighted by Crippen LogP contribution is 2.35. The molecule has 1 aromatic carbocycles. The van der Waals surface area contributed by atoms with Crippen molar-refractivity contribution in [2.45, 2.75) is 39.2 Å². The van der Waals surface area contributed by atoms with Crippen LogP contribution in [0.4, 0.5) is 4.39 Å². The average molecular weight is 416 g/mol. The number of nitrogens with one attached hydrogen (secondary N) is 1. The third-order valence-corrected chi connectivity index (χ3v) is 6.21. The lowest BCUT2D eigenvalue weighted by atomic mass is 9.89. The summed E-state index contributed by atoms with van der Waals surface area (Å²) < 4.78 is 24.0. The molecule has 1 N–H and O–H groups in total. The molecule has 4 rings (SSSR count). The Bertz CT molecular complexity index is 1120. The number of thiophene rings is 1. The van der Waals surface area contributed by atoms with Gasteiger partial charge in [-0.2, -0.15) is 0 Å². The molecule has 0 unspecified atom stereocenters. The quantitative estimate of drug-likeness (QED) is 0.638. The molecule has 0 radical (unpaired) electrons. The summed E-state index contributed by atoms with van der Waals surface area (Å²) in [6, 6.07) is 5.81. The van der Waals surface area contributed by atoms with Gasteiger partial charge < -0.3 is 14.5 Å². The zero-order valence-electron chi connectivity index (χ0n) is 16.2. The second-order valence-electron chi connectivity index (χ2n) is 7.33. The van der Waals surface area contributed by atoms with Crippen molar-refractivity contribution in [1.82, 2.24) is 9.97 Å². The highest BCUT2D eigenvalue weighted by atomic mass is 32.1. The molecule has 1 aliphatic carbocycles. The van der Waals surface area contributed by atoms with Crippen molar-refractivity contribution in [1.29, 1.82) is 0 Å². The van der Waals surface area contributed by atoms with Crippen LogP contribution < -0.4 is 10.3 Å². The highest BCUT2D eigenvalue weighted by Gasteiger charge is 2.24. The number of aryl methyl sites for hydroxylation is 1. The summed E-state index contributed by atoms with van der Waals surface area (Å²) in [5.41, 5.74) is 0.897. The lowest BCUT2D eigenvalue weighted by Gasteiger charge is -2.17. The van der Waals surface area contributed by atoms with Crippen molar-refractivity contribution in [2.75, 3.05) is 6.61 Å². The Balaban J connectivity index is 1.48. The predicted octanol–water partition coefficient (Wildman–Crippen LogP) is 3.93. The van der Waals surface area contributed by atoms with E-state index in [4.69, 9.17) is 9.47 Å². The Hall–Kier alpha value is -2.74. The van der Waals surface area contributed by atoms with E-state index in [0.29, 0.717) is 16.1 Å². The normalized spacial score (nSPS) is 17.0. The fourth-order valence-electron chi connectivity index (χ4n) is 3.54. The zero-order chi connectivity index (χ0) is 20.5. The number of fused-ring (bicyclic) bond motifs is 3. The summed E-state index contributed by atoms with van der Waals surface area (Å²) in [6.07, 6.45) is 2.15. The minimum atomic E-state index is -0.762. The van der Waals surface area contributed by atoms with Gasteiger partial charge in [0.2, 0.25) is 0 Å².